The van der Waals surface area contributed by atoms with Crippen molar-refractivity contribution in [2.75, 3.05) is 6.54 Å². The number of hydrogen-bond donors (Lipinski definition) is 4. The van der Waals surface area contributed by atoms with Crippen LogP contribution in [-0.2, 0) is 27.3 Å². The Labute approximate surface area is 221 Å². The molecule has 3 rings (SSSR count). The number of alkyl halides is 2. The number of rotatable bonds is 11. The van der Waals surface area contributed by atoms with Gasteiger partial charge in [-0.3, -0.25) is 19.4 Å². The number of carbonyl (C=O) groups is 3. The van der Waals surface area contributed by atoms with Crippen LogP contribution in [0, 0.1) is 11.3 Å². The minimum absolute atomic E-state index is 0.0760. The summed E-state index contributed by atoms with van der Waals surface area (Å²) in [6.07, 6.45) is 0.340. The maximum absolute atomic E-state index is 13.4. The average Bonchev–Trinajstić information content (AvgIpc) is 2.91. The van der Waals surface area contributed by atoms with E-state index >= 15 is 0 Å². The molecule has 0 unspecified atom stereocenters. The molecule has 0 radical (unpaired) electrons. The fourth-order valence-corrected chi connectivity index (χ4v) is 4.29. The molecule has 8 nitrogen and oxygen atoms in total. The van der Waals surface area contributed by atoms with Crippen molar-refractivity contribution in [1.82, 2.24) is 20.9 Å². The number of benzene rings is 1. The summed E-state index contributed by atoms with van der Waals surface area (Å²) in [6, 6.07) is 13.3. The van der Waals surface area contributed by atoms with Gasteiger partial charge >= 0.3 is 0 Å². The largest absolute Gasteiger partial charge is 0.381 e. The highest BCUT2D eigenvalue weighted by Gasteiger charge is 2.40. The van der Waals surface area contributed by atoms with Crippen LogP contribution in [0.5, 0.6) is 0 Å². The van der Waals surface area contributed by atoms with Gasteiger partial charge in [-0.1, -0.05) is 36.4 Å². The molecule has 2 aromatic rings. The summed E-state index contributed by atoms with van der Waals surface area (Å²) in [5.74, 6) is -4.64. The van der Waals surface area contributed by atoms with E-state index in [1.807, 2.05) is 18.2 Å². The van der Waals surface area contributed by atoms with Gasteiger partial charge in [0, 0.05) is 25.6 Å². The van der Waals surface area contributed by atoms with Gasteiger partial charge in [0.05, 0.1) is 18.3 Å². The zero-order valence-corrected chi connectivity index (χ0v) is 21.8. The maximum Gasteiger partial charge on any atom is 0.251 e. The standard InChI is InChI=1S/C28H36F2N4O4/c1-27(2,25(37)33-17-20-11-13-28(29,30)14-12-20)26(38)34-22(16-19-8-4-3-5-9-19)23(35)24(36)32-18-21-10-6-7-15-31-21/h3-10,15,20,22-23,35H,11-14,16-18H2,1-2H3,(H,32,36)(H,33,37)(H,34,38)/t22-,23+/m1/s1. The van der Waals surface area contributed by atoms with Gasteiger partial charge in [0.1, 0.15) is 5.41 Å². The van der Waals surface area contributed by atoms with E-state index in [1.54, 1.807) is 36.5 Å². The predicted molar refractivity (Wildman–Crippen MR) is 138 cm³/mol. The SMILES string of the molecule is CC(C)(C(=O)NCC1CCC(F)(F)CC1)C(=O)N[C@H](Cc1ccccc1)[C@H](O)C(=O)NCc1ccccn1. The second kappa shape index (κ2) is 12.9. The van der Waals surface area contributed by atoms with E-state index in [0.29, 0.717) is 18.5 Å². The number of aliphatic hydroxyl groups excluding tert-OH is 1. The highest BCUT2D eigenvalue weighted by Crippen LogP contribution is 2.35. The summed E-state index contributed by atoms with van der Waals surface area (Å²) in [4.78, 5) is 43.0. The number of aliphatic hydroxyl groups is 1. The molecule has 1 aliphatic carbocycles. The smallest absolute Gasteiger partial charge is 0.251 e. The average molecular weight is 531 g/mol. The van der Waals surface area contributed by atoms with Gasteiger partial charge in [0.2, 0.25) is 17.7 Å². The molecular formula is C28H36F2N4O4. The van der Waals surface area contributed by atoms with Crippen molar-refractivity contribution in [2.45, 2.75) is 70.6 Å². The van der Waals surface area contributed by atoms with Crippen molar-refractivity contribution in [3.8, 4) is 0 Å². The Balaban J connectivity index is 1.63. The van der Waals surface area contributed by atoms with Crippen LogP contribution < -0.4 is 16.0 Å². The Morgan fingerprint density at radius 3 is 2.32 bits per heavy atom. The highest BCUT2D eigenvalue weighted by atomic mass is 19.3. The second-order valence-electron chi connectivity index (χ2n) is 10.4. The van der Waals surface area contributed by atoms with Crippen molar-refractivity contribution < 1.29 is 28.3 Å². The van der Waals surface area contributed by atoms with E-state index in [9.17, 15) is 28.3 Å². The Morgan fingerprint density at radius 1 is 1.03 bits per heavy atom. The Bertz CT molecular complexity index is 1070. The molecule has 1 aromatic carbocycles. The minimum Gasteiger partial charge on any atom is -0.381 e. The number of hydrogen-bond acceptors (Lipinski definition) is 5. The van der Waals surface area contributed by atoms with Crippen molar-refractivity contribution >= 4 is 17.7 Å². The van der Waals surface area contributed by atoms with Crippen LogP contribution in [0.2, 0.25) is 0 Å². The van der Waals surface area contributed by atoms with Crippen LogP contribution in [0.25, 0.3) is 0 Å². The van der Waals surface area contributed by atoms with Crippen LogP contribution in [0.15, 0.2) is 54.7 Å². The molecule has 38 heavy (non-hydrogen) atoms. The van der Waals surface area contributed by atoms with Crippen LogP contribution in [-0.4, -0.2) is 52.4 Å². The Hall–Kier alpha value is -3.40. The first-order chi connectivity index (χ1) is 18.0. The fraction of sp³-hybridized carbons (Fsp3) is 0.500. The predicted octanol–water partition coefficient (Wildman–Crippen LogP) is 2.75. The lowest BCUT2D eigenvalue weighted by Gasteiger charge is -2.31. The lowest BCUT2D eigenvalue weighted by Crippen LogP contribution is -2.56. The highest BCUT2D eigenvalue weighted by molar-refractivity contribution is 6.04. The van der Waals surface area contributed by atoms with Crippen molar-refractivity contribution in [1.29, 1.82) is 0 Å². The maximum atomic E-state index is 13.4. The van der Waals surface area contributed by atoms with E-state index in [1.165, 1.54) is 13.8 Å². The molecule has 1 heterocycles. The summed E-state index contributed by atoms with van der Waals surface area (Å²) in [7, 11) is 0. The van der Waals surface area contributed by atoms with Gasteiger partial charge in [0.25, 0.3) is 5.91 Å². The van der Waals surface area contributed by atoms with Crippen LogP contribution in [0.3, 0.4) is 0 Å². The summed E-state index contributed by atoms with van der Waals surface area (Å²) in [6.45, 7) is 3.20. The first kappa shape index (κ1) is 29.2. The number of nitrogens with zero attached hydrogens (tertiary/aromatic N) is 1. The topological polar surface area (TPSA) is 120 Å². The molecule has 0 bridgehead atoms. The third kappa shape index (κ3) is 8.31. The third-order valence-electron chi connectivity index (χ3n) is 6.96. The van der Waals surface area contributed by atoms with Gasteiger partial charge < -0.3 is 21.1 Å². The lowest BCUT2D eigenvalue weighted by molar-refractivity contribution is -0.143. The van der Waals surface area contributed by atoms with Gasteiger partial charge in [-0.05, 0) is 56.7 Å². The quantitative estimate of drug-likeness (QED) is 0.333. The molecule has 1 fully saturated rings. The number of aromatic nitrogens is 1. The first-order valence-electron chi connectivity index (χ1n) is 12.8. The molecule has 2 atom stereocenters. The van der Waals surface area contributed by atoms with E-state index < -0.39 is 41.2 Å². The van der Waals surface area contributed by atoms with Crippen molar-refractivity contribution in [3.05, 3.63) is 66.0 Å². The van der Waals surface area contributed by atoms with Gasteiger partial charge in [-0.2, -0.15) is 0 Å². The molecule has 1 saturated carbocycles. The van der Waals surface area contributed by atoms with Crippen molar-refractivity contribution in [3.63, 3.8) is 0 Å². The zero-order chi connectivity index (χ0) is 27.8. The third-order valence-corrected chi connectivity index (χ3v) is 6.96. The molecule has 0 spiro atoms. The van der Waals surface area contributed by atoms with E-state index in [-0.39, 0.29) is 38.3 Å². The molecule has 4 N–H and O–H groups in total. The molecule has 1 aliphatic rings. The molecule has 0 aliphatic heterocycles. The summed E-state index contributed by atoms with van der Waals surface area (Å²) in [5, 5.41) is 18.9. The number of nitrogens with one attached hydrogen (secondary N) is 3. The molecule has 0 saturated heterocycles. The van der Waals surface area contributed by atoms with Gasteiger partial charge in [-0.15, -0.1) is 0 Å². The summed E-state index contributed by atoms with van der Waals surface area (Å²) < 4.78 is 26.8. The van der Waals surface area contributed by atoms with Crippen LogP contribution >= 0.6 is 0 Å². The molecule has 1 aromatic heterocycles. The Morgan fingerprint density at radius 2 is 1.68 bits per heavy atom. The minimum atomic E-state index is -2.65. The fourth-order valence-electron chi connectivity index (χ4n) is 4.29. The summed E-state index contributed by atoms with van der Waals surface area (Å²) in [5.41, 5.74) is -0.139. The summed E-state index contributed by atoms with van der Waals surface area (Å²) >= 11 is 0. The van der Waals surface area contributed by atoms with Gasteiger partial charge in [0.15, 0.2) is 6.10 Å². The Kier molecular flexibility index (Phi) is 9.90. The zero-order valence-electron chi connectivity index (χ0n) is 21.8. The number of carbonyl (C=O) groups excluding carboxylic acids is 3. The van der Waals surface area contributed by atoms with Crippen LogP contribution in [0.4, 0.5) is 8.78 Å². The monoisotopic (exact) mass is 530 g/mol. The first-order valence-corrected chi connectivity index (χ1v) is 12.8. The number of amides is 3. The van der Waals surface area contributed by atoms with Crippen LogP contribution in [0.1, 0.15) is 50.8 Å². The second-order valence-corrected chi connectivity index (χ2v) is 10.4. The normalized spacial score (nSPS) is 17.2. The van der Waals surface area contributed by atoms with E-state index in [0.717, 1.165) is 5.56 Å². The lowest BCUT2D eigenvalue weighted by atomic mass is 9.86. The molecular weight excluding hydrogens is 494 g/mol. The number of pyridine rings is 1. The van der Waals surface area contributed by atoms with E-state index in [2.05, 4.69) is 20.9 Å². The van der Waals surface area contributed by atoms with Crippen molar-refractivity contribution in [2.24, 2.45) is 11.3 Å². The molecule has 10 heteroatoms. The molecule has 206 valence electrons. The number of halogens is 2. The molecule has 3 amide bonds. The van der Waals surface area contributed by atoms with Gasteiger partial charge in [-0.25, -0.2) is 8.78 Å². The van der Waals surface area contributed by atoms with E-state index in [4.69, 9.17) is 0 Å².